The summed E-state index contributed by atoms with van der Waals surface area (Å²) < 4.78 is 5.25. The van der Waals surface area contributed by atoms with Crippen molar-refractivity contribution in [2.75, 3.05) is 13.7 Å². The summed E-state index contributed by atoms with van der Waals surface area (Å²) in [5.74, 6) is 1.60. The second kappa shape index (κ2) is 9.53. The third kappa shape index (κ3) is 4.49. The maximum Gasteiger partial charge on any atom is 0.315 e. The van der Waals surface area contributed by atoms with Crippen LogP contribution in [0.2, 0.25) is 0 Å². The topological polar surface area (TPSA) is 53.6 Å². The monoisotopic (exact) mass is 433 g/mol. The zero-order chi connectivity index (χ0) is 21.9. The van der Waals surface area contributed by atoms with Crippen molar-refractivity contribution in [2.24, 2.45) is 5.92 Å². The van der Waals surface area contributed by atoms with Gasteiger partial charge in [0.2, 0.25) is 0 Å². The average molecular weight is 434 g/mol. The summed E-state index contributed by atoms with van der Waals surface area (Å²) in [6, 6.07) is 18.4. The van der Waals surface area contributed by atoms with Crippen LogP contribution in [0.4, 0.5) is 4.79 Å². The van der Waals surface area contributed by atoms with E-state index in [1.165, 1.54) is 38.6 Å². The summed E-state index contributed by atoms with van der Waals surface area (Å²) in [7, 11) is 1.66. The van der Waals surface area contributed by atoms with E-state index in [2.05, 4.69) is 39.8 Å². The van der Waals surface area contributed by atoms with Crippen molar-refractivity contribution in [2.45, 2.75) is 69.6 Å². The van der Waals surface area contributed by atoms with Gasteiger partial charge in [-0.1, -0.05) is 36.4 Å². The van der Waals surface area contributed by atoms with Crippen molar-refractivity contribution in [3.63, 3.8) is 0 Å². The molecule has 2 aromatic rings. The molecule has 1 saturated carbocycles. The second-order valence-corrected chi connectivity index (χ2v) is 9.66. The molecule has 0 radical (unpaired) electrons. The molecule has 2 unspecified atom stereocenters. The highest BCUT2D eigenvalue weighted by molar-refractivity contribution is 5.74. The zero-order valence-electron chi connectivity index (χ0n) is 19.1. The Morgan fingerprint density at radius 2 is 1.69 bits per heavy atom. The maximum absolute atomic E-state index is 12.3. The number of hydrogen-bond acceptors (Lipinski definition) is 3. The van der Waals surface area contributed by atoms with Gasteiger partial charge in [-0.25, -0.2) is 4.79 Å². The summed E-state index contributed by atoms with van der Waals surface area (Å²) >= 11 is 0. The van der Waals surface area contributed by atoms with E-state index in [0.29, 0.717) is 24.7 Å². The smallest absolute Gasteiger partial charge is 0.315 e. The molecule has 1 aliphatic carbocycles. The molecule has 2 aliphatic heterocycles. The number of fused-ring (bicyclic) bond motifs is 5. The lowest BCUT2D eigenvalue weighted by atomic mass is 9.84. The van der Waals surface area contributed by atoms with Crippen LogP contribution < -0.4 is 15.4 Å². The largest absolute Gasteiger partial charge is 0.497 e. The van der Waals surface area contributed by atoms with Gasteiger partial charge < -0.3 is 15.4 Å². The molecule has 2 heterocycles. The van der Waals surface area contributed by atoms with Crippen LogP contribution in [-0.4, -0.2) is 30.6 Å². The van der Waals surface area contributed by atoms with E-state index >= 15 is 0 Å². The van der Waals surface area contributed by atoms with Crippen LogP contribution in [0.15, 0.2) is 48.5 Å². The highest BCUT2D eigenvalue weighted by Gasteiger charge is 2.43. The normalized spacial score (nSPS) is 26.5. The third-order valence-corrected chi connectivity index (χ3v) is 7.79. The van der Waals surface area contributed by atoms with E-state index in [4.69, 9.17) is 4.74 Å². The molecule has 5 heteroatoms. The van der Waals surface area contributed by atoms with Gasteiger partial charge in [0, 0.05) is 24.7 Å². The number of methoxy groups -OCH3 is 1. The fourth-order valence-corrected chi connectivity index (χ4v) is 6.09. The van der Waals surface area contributed by atoms with Gasteiger partial charge in [-0.15, -0.1) is 0 Å². The lowest BCUT2D eigenvalue weighted by molar-refractivity contribution is 0.185. The van der Waals surface area contributed by atoms with E-state index in [-0.39, 0.29) is 6.03 Å². The first-order valence-electron chi connectivity index (χ1n) is 12.2. The van der Waals surface area contributed by atoms with Crippen molar-refractivity contribution < 1.29 is 9.53 Å². The van der Waals surface area contributed by atoms with Gasteiger partial charge in [-0.2, -0.15) is 0 Å². The van der Waals surface area contributed by atoms with E-state index in [0.717, 1.165) is 30.1 Å². The Bertz CT molecular complexity index is 907. The third-order valence-electron chi connectivity index (χ3n) is 7.79. The van der Waals surface area contributed by atoms with Gasteiger partial charge in [0.1, 0.15) is 5.75 Å². The standard InChI is InChI=1S/C27H35N3O2/c1-32-22-6-4-5-20(17-22)18-28-27(31)29-21-11-9-19(10-12-21)15-16-30-25-13-14-26(30)24-8-3-2-7-23(24)25/h2-8,17,19,21,25-26H,9-16,18H2,1H3,(H2,28,29,31). The van der Waals surface area contributed by atoms with Gasteiger partial charge in [0.05, 0.1) is 7.11 Å². The second-order valence-electron chi connectivity index (χ2n) is 9.66. The Kier molecular flexibility index (Phi) is 6.35. The molecule has 2 fully saturated rings. The molecule has 1 saturated heterocycles. The Morgan fingerprint density at radius 1 is 0.969 bits per heavy atom. The Morgan fingerprint density at radius 3 is 2.38 bits per heavy atom. The molecular weight excluding hydrogens is 398 g/mol. The van der Waals surface area contributed by atoms with E-state index in [1.807, 2.05) is 24.3 Å². The highest BCUT2D eigenvalue weighted by atomic mass is 16.5. The Hall–Kier alpha value is -2.53. The number of ether oxygens (including phenoxy) is 1. The lowest BCUT2D eigenvalue weighted by Gasteiger charge is -2.31. The van der Waals surface area contributed by atoms with Crippen molar-refractivity contribution in [3.8, 4) is 5.75 Å². The quantitative estimate of drug-likeness (QED) is 0.620. The first-order chi connectivity index (χ1) is 15.7. The minimum absolute atomic E-state index is 0.0670. The summed E-state index contributed by atoms with van der Waals surface area (Å²) in [5.41, 5.74) is 4.20. The number of carbonyl (C=O) groups excluding carboxylic acids is 1. The summed E-state index contributed by atoms with van der Waals surface area (Å²) in [6.45, 7) is 1.73. The predicted molar refractivity (Wildman–Crippen MR) is 127 cm³/mol. The van der Waals surface area contributed by atoms with Gasteiger partial charge >= 0.3 is 6.03 Å². The molecule has 2 aromatic carbocycles. The van der Waals surface area contributed by atoms with Crippen molar-refractivity contribution in [1.29, 1.82) is 0 Å². The van der Waals surface area contributed by atoms with Gasteiger partial charge in [0.15, 0.2) is 0 Å². The van der Waals surface area contributed by atoms with Crippen molar-refractivity contribution in [3.05, 3.63) is 65.2 Å². The molecule has 3 aliphatic rings. The predicted octanol–water partition coefficient (Wildman–Crippen LogP) is 5.34. The molecule has 5 nitrogen and oxygen atoms in total. The number of benzene rings is 2. The summed E-state index contributed by atoms with van der Waals surface area (Å²) in [6.07, 6.45) is 8.55. The van der Waals surface area contributed by atoms with Gasteiger partial charge in [0.25, 0.3) is 0 Å². The zero-order valence-corrected chi connectivity index (χ0v) is 19.1. The van der Waals surface area contributed by atoms with E-state index in [1.54, 1.807) is 18.2 Å². The lowest BCUT2D eigenvalue weighted by Crippen LogP contribution is -2.43. The summed E-state index contributed by atoms with van der Waals surface area (Å²) in [4.78, 5) is 15.1. The van der Waals surface area contributed by atoms with Crippen molar-refractivity contribution in [1.82, 2.24) is 15.5 Å². The fraction of sp³-hybridized carbons (Fsp3) is 0.519. The number of urea groups is 1. The molecule has 2 bridgehead atoms. The van der Waals surface area contributed by atoms with E-state index in [9.17, 15) is 4.79 Å². The Balaban J connectivity index is 1.03. The fourth-order valence-electron chi connectivity index (χ4n) is 6.09. The molecule has 170 valence electrons. The van der Waals surface area contributed by atoms with Gasteiger partial charge in [-0.3, -0.25) is 4.90 Å². The molecule has 2 N–H and O–H groups in total. The summed E-state index contributed by atoms with van der Waals surface area (Å²) in [5, 5.41) is 6.16. The molecule has 2 amide bonds. The van der Waals surface area contributed by atoms with Crippen LogP contribution in [0, 0.1) is 5.92 Å². The minimum Gasteiger partial charge on any atom is -0.497 e. The molecular formula is C27H35N3O2. The number of nitrogens with zero attached hydrogens (tertiary/aromatic N) is 1. The average Bonchev–Trinajstić information content (AvgIpc) is 3.39. The number of carbonyl (C=O) groups is 1. The Labute approximate surface area is 191 Å². The number of rotatable bonds is 7. The van der Waals surface area contributed by atoms with Gasteiger partial charge in [-0.05, 0) is 86.2 Å². The molecule has 0 aromatic heterocycles. The number of nitrogens with one attached hydrogen (secondary N) is 2. The molecule has 0 spiro atoms. The van der Waals surface area contributed by atoms with Crippen LogP contribution in [0.25, 0.3) is 0 Å². The van der Waals surface area contributed by atoms with Crippen LogP contribution >= 0.6 is 0 Å². The molecule has 5 rings (SSSR count). The highest BCUT2D eigenvalue weighted by Crippen LogP contribution is 2.53. The van der Waals surface area contributed by atoms with Crippen molar-refractivity contribution >= 4 is 6.03 Å². The van der Waals surface area contributed by atoms with Crippen LogP contribution in [0.5, 0.6) is 5.75 Å². The number of hydrogen-bond donors (Lipinski definition) is 2. The first kappa shape index (κ1) is 21.3. The number of amides is 2. The molecule has 32 heavy (non-hydrogen) atoms. The van der Waals surface area contributed by atoms with E-state index < -0.39 is 0 Å². The SMILES string of the molecule is COc1cccc(CNC(=O)NC2CCC(CCN3C4CCC3c3ccccc34)CC2)c1. The van der Waals surface area contributed by atoms with Crippen LogP contribution in [-0.2, 0) is 6.54 Å². The molecule has 2 atom stereocenters. The minimum atomic E-state index is -0.0670. The van der Waals surface area contributed by atoms with Crippen LogP contribution in [0.3, 0.4) is 0 Å². The first-order valence-corrected chi connectivity index (χ1v) is 12.2. The maximum atomic E-state index is 12.3. The van der Waals surface area contributed by atoms with Crippen LogP contribution in [0.1, 0.15) is 73.7 Å².